The van der Waals surface area contributed by atoms with E-state index >= 15 is 0 Å². The lowest BCUT2D eigenvalue weighted by molar-refractivity contribution is -0.196. The SMILES string of the molecule is CCC1(c2cccc(C(=O)c3ccccc3)c2)O[C@@H](C(=O)OC)[C@H](C(=O)OC)O1. The van der Waals surface area contributed by atoms with E-state index in [2.05, 4.69) is 0 Å². The van der Waals surface area contributed by atoms with Crippen molar-refractivity contribution in [1.29, 1.82) is 0 Å². The minimum absolute atomic E-state index is 0.161. The van der Waals surface area contributed by atoms with Gasteiger partial charge in [0, 0.05) is 23.1 Å². The molecule has 2 aromatic carbocycles. The van der Waals surface area contributed by atoms with Gasteiger partial charge in [-0.3, -0.25) is 4.79 Å². The van der Waals surface area contributed by atoms with E-state index in [1.54, 1.807) is 55.5 Å². The number of methoxy groups -OCH3 is 2. The maximum atomic E-state index is 12.8. The number of ketones is 1. The number of benzene rings is 2. The average molecular weight is 398 g/mol. The van der Waals surface area contributed by atoms with Crippen LogP contribution in [0.15, 0.2) is 54.6 Å². The molecule has 29 heavy (non-hydrogen) atoms. The number of carbonyl (C=O) groups is 3. The first-order valence-electron chi connectivity index (χ1n) is 9.17. The van der Waals surface area contributed by atoms with Crippen molar-refractivity contribution in [2.75, 3.05) is 14.2 Å². The normalized spacial score (nSPS) is 20.1. The molecule has 152 valence electrons. The summed E-state index contributed by atoms with van der Waals surface area (Å²) in [5, 5.41) is 0. The van der Waals surface area contributed by atoms with E-state index in [-0.39, 0.29) is 12.2 Å². The van der Waals surface area contributed by atoms with Gasteiger partial charge in [0.2, 0.25) is 0 Å². The van der Waals surface area contributed by atoms with Crippen LogP contribution in [-0.4, -0.2) is 44.1 Å². The lowest BCUT2D eigenvalue weighted by Crippen LogP contribution is -2.38. The van der Waals surface area contributed by atoms with Gasteiger partial charge in [-0.05, 0) is 6.07 Å². The summed E-state index contributed by atoms with van der Waals surface area (Å²) in [6.07, 6.45) is -2.27. The van der Waals surface area contributed by atoms with Crippen molar-refractivity contribution in [3.8, 4) is 0 Å². The highest BCUT2D eigenvalue weighted by Gasteiger charge is 2.54. The Morgan fingerprint density at radius 3 is 1.93 bits per heavy atom. The smallest absolute Gasteiger partial charge is 0.338 e. The van der Waals surface area contributed by atoms with Crippen molar-refractivity contribution < 1.29 is 33.3 Å². The predicted molar refractivity (Wildman–Crippen MR) is 102 cm³/mol. The molecule has 2 atom stereocenters. The number of carbonyl (C=O) groups excluding carboxylic acids is 3. The molecule has 0 amide bonds. The van der Waals surface area contributed by atoms with Crippen molar-refractivity contribution in [3.05, 3.63) is 71.3 Å². The largest absolute Gasteiger partial charge is 0.467 e. The molecule has 0 saturated carbocycles. The van der Waals surface area contributed by atoms with Crippen molar-refractivity contribution in [1.82, 2.24) is 0 Å². The van der Waals surface area contributed by atoms with E-state index in [9.17, 15) is 14.4 Å². The van der Waals surface area contributed by atoms with Crippen molar-refractivity contribution in [2.24, 2.45) is 0 Å². The monoisotopic (exact) mass is 398 g/mol. The molecule has 0 unspecified atom stereocenters. The Labute approximate surface area is 168 Å². The molecule has 1 fully saturated rings. The molecule has 0 aliphatic carbocycles. The van der Waals surface area contributed by atoms with Gasteiger partial charge in [-0.1, -0.05) is 55.5 Å². The predicted octanol–water partition coefficient (Wildman–Crippen LogP) is 2.61. The zero-order valence-electron chi connectivity index (χ0n) is 16.4. The zero-order chi connectivity index (χ0) is 21.0. The highest BCUT2D eigenvalue weighted by Crippen LogP contribution is 2.41. The first-order chi connectivity index (χ1) is 14.0. The third-order valence-corrected chi connectivity index (χ3v) is 4.84. The van der Waals surface area contributed by atoms with Gasteiger partial charge in [-0.15, -0.1) is 0 Å². The quantitative estimate of drug-likeness (QED) is 0.546. The van der Waals surface area contributed by atoms with Crippen LogP contribution in [0.3, 0.4) is 0 Å². The van der Waals surface area contributed by atoms with Crippen molar-refractivity contribution in [3.63, 3.8) is 0 Å². The second kappa shape index (κ2) is 8.55. The average Bonchev–Trinajstić information content (AvgIpc) is 3.19. The van der Waals surface area contributed by atoms with E-state index in [1.165, 1.54) is 14.2 Å². The van der Waals surface area contributed by atoms with Crippen LogP contribution in [0.1, 0.15) is 34.8 Å². The minimum atomic E-state index is -1.40. The summed E-state index contributed by atoms with van der Waals surface area (Å²) in [7, 11) is 2.40. The molecule has 1 aliphatic heterocycles. The Kier molecular flexibility index (Phi) is 6.10. The first kappa shape index (κ1) is 20.7. The molecule has 0 aromatic heterocycles. The highest BCUT2D eigenvalue weighted by atomic mass is 16.8. The number of rotatable bonds is 6. The molecule has 0 bridgehead atoms. The number of hydrogen-bond donors (Lipinski definition) is 0. The van der Waals surface area contributed by atoms with E-state index < -0.39 is 29.9 Å². The standard InChI is InChI=1S/C22H22O7/c1-4-22(28-18(20(24)26-2)19(29-22)21(25)27-3)16-12-8-11-15(13-16)17(23)14-9-6-5-7-10-14/h5-13,18-19H,4H2,1-3H3/t18-,19-/m1/s1. The van der Waals surface area contributed by atoms with Gasteiger partial charge < -0.3 is 18.9 Å². The summed E-state index contributed by atoms with van der Waals surface area (Å²) in [5.41, 5.74) is 1.50. The molecule has 1 saturated heterocycles. The first-order valence-corrected chi connectivity index (χ1v) is 9.17. The summed E-state index contributed by atoms with van der Waals surface area (Å²) in [6, 6.07) is 15.6. The fourth-order valence-corrected chi connectivity index (χ4v) is 3.30. The van der Waals surface area contributed by atoms with Crippen LogP contribution in [0, 0.1) is 0 Å². The summed E-state index contributed by atoms with van der Waals surface area (Å²) in [6.45, 7) is 1.79. The van der Waals surface area contributed by atoms with Crippen LogP contribution in [0.2, 0.25) is 0 Å². The Balaban J connectivity index is 1.98. The third-order valence-electron chi connectivity index (χ3n) is 4.84. The Bertz CT molecular complexity index is 882. The second-order valence-electron chi connectivity index (χ2n) is 6.51. The summed E-state index contributed by atoms with van der Waals surface area (Å²) in [4.78, 5) is 37.1. The second-order valence-corrected chi connectivity index (χ2v) is 6.51. The van der Waals surface area contributed by atoms with Crippen LogP contribution < -0.4 is 0 Å². The van der Waals surface area contributed by atoms with Crippen LogP contribution in [0.5, 0.6) is 0 Å². The van der Waals surface area contributed by atoms with Gasteiger partial charge in [0.15, 0.2) is 23.8 Å². The van der Waals surface area contributed by atoms with E-state index in [1.807, 2.05) is 6.07 Å². The van der Waals surface area contributed by atoms with Gasteiger partial charge >= 0.3 is 11.9 Å². The molecule has 2 aromatic rings. The lowest BCUT2D eigenvalue weighted by atomic mass is 9.96. The summed E-state index contributed by atoms with van der Waals surface area (Å²) >= 11 is 0. The van der Waals surface area contributed by atoms with Gasteiger partial charge in [-0.2, -0.15) is 0 Å². The fraction of sp³-hybridized carbons (Fsp3) is 0.318. The number of esters is 2. The van der Waals surface area contributed by atoms with Crippen LogP contribution in [0.4, 0.5) is 0 Å². The topological polar surface area (TPSA) is 88.1 Å². The zero-order valence-corrected chi connectivity index (χ0v) is 16.4. The molecule has 7 heteroatoms. The number of hydrogen-bond acceptors (Lipinski definition) is 7. The van der Waals surface area contributed by atoms with Crippen LogP contribution in [-0.2, 0) is 34.3 Å². The van der Waals surface area contributed by atoms with E-state index in [0.29, 0.717) is 16.7 Å². The van der Waals surface area contributed by atoms with Gasteiger partial charge in [-0.25, -0.2) is 9.59 Å². The van der Waals surface area contributed by atoms with Crippen molar-refractivity contribution in [2.45, 2.75) is 31.3 Å². The maximum Gasteiger partial charge on any atom is 0.338 e. The molecule has 7 nitrogen and oxygen atoms in total. The van der Waals surface area contributed by atoms with Crippen LogP contribution >= 0.6 is 0 Å². The van der Waals surface area contributed by atoms with Gasteiger partial charge in [0.25, 0.3) is 0 Å². The summed E-state index contributed by atoms with van der Waals surface area (Å²) in [5.74, 6) is -3.05. The highest BCUT2D eigenvalue weighted by molar-refractivity contribution is 6.09. The molecule has 0 spiro atoms. The molecule has 1 aliphatic rings. The maximum absolute atomic E-state index is 12.8. The van der Waals surface area contributed by atoms with Crippen LogP contribution in [0.25, 0.3) is 0 Å². The Hall–Kier alpha value is -3.03. The Morgan fingerprint density at radius 1 is 0.862 bits per heavy atom. The molecule has 1 heterocycles. The minimum Gasteiger partial charge on any atom is -0.467 e. The lowest BCUT2D eigenvalue weighted by Gasteiger charge is -2.27. The fourth-order valence-electron chi connectivity index (χ4n) is 3.30. The molecule has 3 rings (SSSR count). The third kappa shape index (κ3) is 3.92. The molecular formula is C22H22O7. The molecule has 0 radical (unpaired) electrons. The van der Waals surface area contributed by atoms with E-state index in [0.717, 1.165) is 0 Å². The number of ether oxygens (including phenoxy) is 4. The molecule has 0 N–H and O–H groups in total. The van der Waals surface area contributed by atoms with Crippen molar-refractivity contribution >= 4 is 17.7 Å². The van der Waals surface area contributed by atoms with Gasteiger partial charge in [0.05, 0.1) is 14.2 Å². The Morgan fingerprint density at radius 2 is 1.41 bits per heavy atom. The van der Waals surface area contributed by atoms with Gasteiger partial charge in [0.1, 0.15) is 0 Å². The van der Waals surface area contributed by atoms with E-state index in [4.69, 9.17) is 18.9 Å². The molecular weight excluding hydrogens is 376 g/mol. The summed E-state index contributed by atoms with van der Waals surface area (Å²) < 4.78 is 21.3.